The summed E-state index contributed by atoms with van der Waals surface area (Å²) in [4.78, 5) is 11.2. The molecule has 1 amide bonds. The minimum atomic E-state index is -0.308. The number of amides is 1. The van der Waals surface area contributed by atoms with Crippen LogP contribution in [0.15, 0.2) is 11.8 Å². The average molecular weight is 153 g/mol. The van der Waals surface area contributed by atoms with Gasteiger partial charge in [0.1, 0.15) is 0 Å². The number of carbonyl (C=O) groups excluding carboxylic acids is 1. The van der Waals surface area contributed by atoms with Crippen molar-refractivity contribution in [1.29, 1.82) is 0 Å². The largest absolute Gasteiger partial charge is 0.320 e. The average Bonchev–Trinajstić information content (AvgIpc) is 2.37. The predicted molar refractivity (Wildman–Crippen MR) is 40.1 cm³/mol. The van der Waals surface area contributed by atoms with Gasteiger partial charge in [-0.1, -0.05) is 0 Å². The number of rotatable bonds is 0. The van der Waals surface area contributed by atoms with E-state index in [1.54, 1.807) is 5.01 Å². The number of allylic oxidation sites excluding steroid dienone is 1. The number of hydrogen-bond acceptors (Lipinski definition) is 3. The van der Waals surface area contributed by atoms with Gasteiger partial charge < -0.3 is 11.2 Å². The highest BCUT2D eigenvalue weighted by Crippen LogP contribution is 2.22. The van der Waals surface area contributed by atoms with E-state index < -0.39 is 0 Å². The first-order chi connectivity index (χ1) is 5.18. The molecule has 4 nitrogen and oxygen atoms in total. The molecule has 0 bridgehead atoms. The molecule has 0 radical (unpaired) electrons. The van der Waals surface area contributed by atoms with E-state index in [9.17, 15) is 4.79 Å². The summed E-state index contributed by atoms with van der Waals surface area (Å²) in [6.07, 6.45) is 2.77. The second-order valence-corrected chi connectivity index (χ2v) is 3.08. The van der Waals surface area contributed by atoms with Crippen molar-refractivity contribution in [3.05, 3.63) is 11.8 Å². The van der Waals surface area contributed by atoms with Crippen LogP contribution in [0.25, 0.3) is 0 Å². The smallest absolute Gasteiger partial charge is 0.258 e. The molecule has 3 N–H and O–H groups in total. The van der Waals surface area contributed by atoms with E-state index in [1.165, 1.54) is 0 Å². The lowest BCUT2D eigenvalue weighted by Gasteiger charge is -2.15. The minimum Gasteiger partial charge on any atom is -0.320 e. The highest BCUT2D eigenvalue weighted by atomic mass is 16.2. The zero-order valence-electron chi connectivity index (χ0n) is 6.37. The van der Waals surface area contributed by atoms with Crippen molar-refractivity contribution < 1.29 is 4.79 Å². The van der Waals surface area contributed by atoms with Gasteiger partial charge in [0.2, 0.25) is 0 Å². The van der Waals surface area contributed by atoms with Crippen LogP contribution in [-0.2, 0) is 4.79 Å². The molecule has 0 saturated carbocycles. The van der Waals surface area contributed by atoms with Crippen LogP contribution in [0, 0.1) is 0 Å². The molecule has 0 aromatic rings. The van der Waals surface area contributed by atoms with Gasteiger partial charge in [0, 0.05) is 5.70 Å². The quantitative estimate of drug-likeness (QED) is 0.485. The lowest BCUT2D eigenvalue weighted by atomic mass is 10.2. The van der Waals surface area contributed by atoms with Crippen LogP contribution in [0.1, 0.15) is 13.3 Å². The first-order valence-electron chi connectivity index (χ1n) is 3.72. The van der Waals surface area contributed by atoms with Crippen LogP contribution in [0.4, 0.5) is 0 Å². The van der Waals surface area contributed by atoms with Gasteiger partial charge >= 0.3 is 0 Å². The Labute approximate surface area is 65.0 Å². The fourth-order valence-corrected chi connectivity index (χ4v) is 1.60. The van der Waals surface area contributed by atoms with Crippen LogP contribution in [0.2, 0.25) is 0 Å². The molecular formula is C7H11N3O. The summed E-state index contributed by atoms with van der Waals surface area (Å²) >= 11 is 0. The van der Waals surface area contributed by atoms with Gasteiger partial charge in [-0.15, -0.1) is 0 Å². The maximum Gasteiger partial charge on any atom is 0.258 e. The Morgan fingerprint density at radius 3 is 3.18 bits per heavy atom. The van der Waals surface area contributed by atoms with Crippen LogP contribution in [0.5, 0.6) is 0 Å². The van der Waals surface area contributed by atoms with Gasteiger partial charge in [-0.2, -0.15) is 0 Å². The lowest BCUT2D eigenvalue weighted by molar-refractivity contribution is -0.131. The van der Waals surface area contributed by atoms with Crippen molar-refractivity contribution in [2.75, 3.05) is 0 Å². The summed E-state index contributed by atoms with van der Waals surface area (Å²) in [5.74, 6) is 0.00287. The second-order valence-electron chi connectivity index (χ2n) is 3.08. The van der Waals surface area contributed by atoms with Gasteiger partial charge in [0.25, 0.3) is 5.91 Å². The van der Waals surface area contributed by atoms with Gasteiger partial charge in [0.15, 0.2) is 0 Å². The molecule has 2 rings (SSSR count). The standard InChI is InChI=1S/C7H11N3O/c1-4-2-5-3-6(8)7(11)10(5)9-4/h2,5-6,9H,3,8H2,1H3. The Morgan fingerprint density at radius 2 is 2.55 bits per heavy atom. The monoisotopic (exact) mass is 153 g/mol. The van der Waals surface area contributed by atoms with E-state index in [0.29, 0.717) is 0 Å². The molecule has 11 heavy (non-hydrogen) atoms. The topological polar surface area (TPSA) is 58.4 Å². The molecule has 60 valence electrons. The number of hydrogen-bond donors (Lipinski definition) is 2. The third-order valence-electron chi connectivity index (χ3n) is 2.12. The lowest BCUT2D eigenvalue weighted by Crippen LogP contribution is -2.41. The Bertz CT molecular complexity index is 236. The summed E-state index contributed by atoms with van der Waals surface area (Å²) in [5, 5.41) is 1.61. The zero-order chi connectivity index (χ0) is 8.01. The maximum atomic E-state index is 11.2. The van der Waals surface area contributed by atoms with Crippen molar-refractivity contribution in [2.24, 2.45) is 5.73 Å². The molecular weight excluding hydrogens is 142 g/mol. The number of carbonyl (C=O) groups is 1. The van der Waals surface area contributed by atoms with Crippen molar-refractivity contribution >= 4 is 5.91 Å². The van der Waals surface area contributed by atoms with Gasteiger partial charge in [0.05, 0.1) is 12.1 Å². The van der Waals surface area contributed by atoms with E-state index in [4.69, 9.17) is 5.73 Å². The molecule has 0 aromatic heterocycles. The Balaban J connectivity index is 2.22. The third kappa shape index (κ3) is 0.826. The van der Waals surface area contributed by atoms with Crippen molar-refractivity contribution in [2.45, 2.75) is 25.4 Å². The molecule has 2 aliphatic rings. The number of nitrogens with two attached hydrogens (primary N) is 1. The molecule has 1 saturated heterocycles. The van der Waals surface area contributed by atoms with E-state index in [0.717, 1.165) is 12.1 Å². The van der Waals surface area contributed by atoms with E-state index >= 15 is 0 Å². The van der Waals surface area contributed by atoms with Crippen LogP contribution in [0.3, 0.4) is 0 Å². The second kappa shape index (κ2) is 1.98. The fraction of sp³-hybridized carbons (Fsp3) is 0.571. The van der Waals surface area contributed by atoms with Gasteiger partial charge in [-0.3, -0.25) is 4.79 Å². The minimum absolute atomic E-state index is 0.00287. The Kier molecular flexibility index (Phi) is 1.20. The molecule has 0 aromatic carbocycles. The van der Waals surface area contributed by atoms with E-state index in [1.807, 2.05) is 13.0 Å². The fourth-order valence-electron chi connectivity index (χ4n) is 1.60. The molecule has 0 spiro atoms. The van der Waals surface area contributed by atoms with E-state index in [-0.39, 0.29) is 18.0 Å². The summed E-state index contributed by atoms with van der Waals surface area (Å²) in [6.45, 7) is 1.94. The number of fused-ring (bicyclic) bond motifs is 1. The maximum absolute atomic E-state index is 11.2. The predicted octanol–water partition coefficient (Wildman–Crippen LogP) is -0.663. The van der Waals surface area contributed by atoms with Crippen molar-refractivity contribution in [3.8, 4) is 0 Å². The zero-order valence-corrected chi connectivity index (χ0v) is 6.37. The first-order valence-corrected chi connectivity index (χ1v) is 3.72. The van der Waals surface area contributed by atoms with Gasteiger partial charge in [-0.05, 0) is 19.4 Å². The number of nitrogens with zero attached hydrogens (tertiary/aromatic N) is 1. The van der Waals surface area contributed by atoms with Crippen molar-refractivity contribution in [3.63, 3.8) is 0 Å². The molecule has 4 heteroatoms. The summed E-state index contributed by atoms with van der Waals surface area (Å²) in [7, 11) is 0. The number of hydrazine groups is 1. The van der Waals surface area contributed by atoms with Crippen molar-refractivity contribution in [1.82, 2.24) is 10.4 Å². The summed E-state index contributed by atoms with van der Waals surface area (Å²) < 4.78 is 0. The molecule has 2 aliphatic heterocycles. The normalized spacial score (nSPS) is 35.3. The van der Waals surface area contributed by atoms with Crippen LogP contribution in [-0.4, -0.2) is 23.0 Å². The molecule has 2 heterocycles. The molecule has 1 fully saturated rings. The van der Waals surface area contributed by atoms with Crippen LogP contribution < -0.4 is 11.2 Å². The van der Waals surface area contributed by atoms with E-state index in [2.05, 4.69) is 5.43 Å². The summed E-state index contributed by atoms with van der Waals surface area (Å²) in [5.41, 5.74) is 9.55. The van der Waals surface area contributed by atoms with Gasteiger partial charge in [-0.25, -0.2) is 5.01 Å². The van der Waals surface area contributed by atoms with Crippen LogP contribution >= 0.6 is 0 Å². The molecule has 2 atom stereocenters. The third-order valence-corrected chi connectivity index (χ3v) is 2.12. The highest BCUT2D eigenvalue weighted by molar-refractivity contribution is 5.84. The summed E-state index contributed by atoms with van der Waals surface area (Å²) in [6, 6.07) is -0.116. The first kappa shape index (κ1) is 6.67. The Morgan fingerprint density at radius 1 is 1.82 bits per heavy atom. The molecule has 2 unspecified atom stereocenters. The Hall–Kier alpha value is -1.03. The SMILES string of the molecule is CC1=CC2CC(N)C(=O)N2N1. The highest BCUT2D eigenvalue weighted by Gasteiger charge is 2.39. The number of nitrogens with one attached hydrogen (secondary N) is 1. The molecule has 0 aliphatic carbocycles.